The first-order valence-electron chi connectivity index (χ1n) is 17.3. The third-order valence-corrected chi connectivity index (χ3v) is 8.03. The molecule has 4 aromatic rings. The third kappa shape index (κ3) is 15.1. The number of anilines is 3. The molecule has 6 N–H and O–H groups in total. The first-order valence-corrected chi connectivity index (χ1v) is 17.6. The van der Waals surface area contributed by atoms with Gasteiger partial charge in [-0.15, -0.1) is 0 Å². The first-order chi connectivity index (χ1) is 27.7. The molecule has 2 aromatic heterocycles. The Hall–Kier alpha value is -7.29. The number of amides is 1. The molecule has 1 atom stereocenters. The molecule has 58 heavy (non-hydrogen) atoms. The van der Waals surface area contributed by atoms with Gasteiger partial charge in [0.25, 0.3) is 0 Å². The summed E-state index contributed by atoms with van der Waals surface area (Å²) in [5.41, 5.74) is 3.38. The van der Waals surface area contributed by atoms with Crippen LogP contribution in [-0.4, -0.2) is 91.3 Å². The van der Waals surface area contributed by atoms with Crippen molar-refractivity contribution in [2.75, 3.05) is 30.8 Å². The lowest BCUT2D eigenvalue weighted by atomic mass is 10.1. The monoisotopic (exact) mass is 814 g/mol. The van der Waals surface area contributed by atoms with Crippen LogP contribution in [0.5, 0.6) is 11.5 Å². The van der Waals surface area contributed by atoms with Crippen molar-refractivity contribution >= 4 is 69.4 Å². The highest BCUT2D eigenvalue weighted by Crippen LogP contribution is 2.37. The molecule has 0 spiro atoms. The summed E-state index contributed by atoms with van der Waals surface area (Å²) >= 11 is 6.54. The number of hydrogen-bond acceptors (Lipinski definition) is 12. The van der Waals surface area contributed by atoms with Gasteiger partial charge in [-0.25, -0.2) is 19.2 Å². The summed E-state index contributed by atoms with van der Waals surface area (Å²) in [5, 5.41) is 48.4. The molecule has 1 fully saturated rings. The number of carboxylic acids is 4. The number of likely N-dealkylation sites (tertiary alicyclic amines) is 1. The fraction of sp³-hybridized carbons (Fsp3) is 0.200. The van der Waals surface area contributed by atoms with Gasteiger partial charge in [0, 0.05) is 66.0 Å². The minimum absolute atomic E-state index is 0.246. The average molecular weight is 815 g/mol. The summed E-state index contributed by atoms with van der Waals surface area (Å²) in [6.45, 7) is 3.58. The summed E-state index contributed by atoms with van der Waals surface area (Å²) in [7, 11) is 2.06. The van der Waals surface area contributed by atoms with Crippen molar-refractivity contribution in [3.05, 3.63) is 114 Å². The molecular formula is C40H39ClN6O11. The zero-order valence-corrected chi connectivity index (χ0v) is 31.9. The van der Waals surface area contributed by atoms with E-state index in [-0.39, 0.29) is 18.6 Å². The molecule has 302 valence electrons. The molecule has 0 bridgehead atoms. The number of carbonyl (C=O) groups is 5. The highest BCUT2D eigenvalue weighted by Gasteiger charge is 2.19. The summed E-state index contributed by atoms with van der Waals surface area (Å²) in [4.78, 5) is 62.1. The minimum Gasteiger partial charge on any atom is -0.492 e. The van der Waals surface area contributed by atoms with Gasteiger partial charge in [-0.2, -0.15) is 5.26 Å². The molecule has 17 nitrogen and oxygen atoms in total. The van der Waals surface area contributed by atoms with Crippen molar-refractivity contribution in [3.8, 4) is 17.6 Å². The van der Waals surface area contributed by atoms with Crippen LogP contribution in [0.3, 0.4) is 0 Å². The number of carboxylic acid groups (broad SMARTS) is 4. The zero-order valence-electron chi connectivity index (χ0n) is 31.2. The number of likely N-dealkylation sites (N-methyl/N-ethyl adjacent to an activating group) is 1. The Balaban J connectivity index is 0.000000473. The number of halogens is 1. The Morgan fingerprint density at radius 2 is 1.59 bits per heavy atom. The number of aliphatic carboxylic acids is 4. The molecular weight excluding hydrogens is 776 g/mol. The van der Waals surface area contributed by atoms with E-state index in [0.717, 1.165) is 25.1 Å². The van der Waals surface area contributed by atoms with Gasteiger partial charge in [-0.05, 0) is 69.8 Å². The number of hydrogen-bond donors (Lipinski definition) is 6. The second kappa shape index (κ2) is 22.9. The van der Waals surface area contributed by atoms with E-state index in [0.29, 0.717) is 81.0 Å². The fourth-order valence-corrected chi connectivity index (χ4v) is 5.36. The van der Waals surface area contributed by atoms with Crippen LogP contribution in [0.15, 0.2) is 97.4 Å². The van der Waals surface area contributed by atoms with E-state index in [9.17, 15) is 29.2 Å². The molecule has 5 rings (SSSR count). The van der Waals surface area contributed by atoms with Crippen LogP contribution >= 0.6 is 11.6 Å². The van der Waals surface area contributed by atoms with Gasteiger partial charge < -0.3 is 40.5 Å². The van der Waals surface area contributed by atoms with Gasteiger partial charge in [0.05, 0.1) is 39.8 Å². The third-order valence-electron chi connectivity index (χ3n) is 7.73. The Labute approximate surface area is 337 Å². The number of nitriles is 1. The maximum atomic E-state index is 12.9. The molecule has 3 heterocycles. The Morgan fingerprint density at radius 3 is 2.12 bits per heavy atom. The highest BCUT2D eigenvalue weighted by atomic mass is 35.5. The predicted molar refractivity (Wildman–Crippen MR) is 213 cm³/mol. The van der Waals surface area contributed by atoms with Crippen molar-refractivity contribution in [1.82, 2.24) is 14.9 Å². The summed E-state index contributed by atoms with van der Waals surface area (Å²) in [6.07, 6.45) is 11.1. The fourth-order valence-electron chi connectivity index (χ4n) is 5.12. The van der Waals surface area contributed by atoms with Gasteiger partial charge in [-0.3, -0.25) is 19.7 Å². The normalized spacial score (nSPS) is 13.5. The van der Waals surface area contributed by atoms with Crippen molar-refractivity contribution in [2.24, 2.45) is 0 Å². The second-order valence-corrected chi connectivity index (χ2v) is 12.3. The van der Waals surface area contributed by atoms with Crippen LogP contribution in [0.4, 0.5) is 17.1 Å². The van der Waals surface area contributed by atoms with Gasteiger partial charge >= 0.3 is 23.9 Å². The topological polar surface area (TPSA) is 262 Å². The molecule has 1 saturated heterocycles. The average Bonchev–Trinajstić information content (AvgIpc) is 3.60. The van der Waals surface area contributed by atoms with Crippen molar-refractivity contribution in [3.63, 3.8) is 0 Å². The predicted octanol–water partition coefficient (Wildman–Crippen LogP) is 5.89. The number of carbonyl (C=O) groups excluding carboxylic acids is 1. The van der Waals surface area contributed by atoms with E-state index < -0.39 is 23.9 Å². The summed E-state index contributed by atoms with van der Waals surface area (Å²) < 4.78 is 11.7. The van der Waals surface area contributed by atoms with Crippen molar-refractivity contribution < 1.29 is 53.9 Å². The Kier molecular flexibility index (Phi) is 17.8. The number of pyridine rings is 2. The number of rotatable bonds is 14. The van der Waals surface area contributed by atoms with Crippen LogP contribution in [0.25, 0.3) is 10.9 Å². The van der Waals surface area contributed by atoms with E-state index in [4.69, 9.17) is 41.5 Å². The number of ether oxygens (including phenoxy) is 2. The smallest absolute Gasteiger partial charge is 0.328 e. The SMILES string of the molecule is CCOc1cc2ncc(C#N)c(Nc3ccc(OCc4ccccn4)c(Cl)c3)c2cc1NC(=O)C=CC1CCCN1C.O=C(O)C=CC(=O)O.O=C(O)C=CC(=O)O. The van der Waals surface area contributed by atoms with Gasteiger partial charge in [0.2, 0.25) is 5.91 Å². The van der Waals surface area contributed by atoms with Crippen LogP contribution in [-0.2, 0) is 30.6 Å². The quantitative estimate of drug-likeness (QED) is 0.0811. The number of nitrogens with zero attached hydrogens (tertiary/aromatic N) is 4. The van der Waals surface area contributed by atoms with E-state index in [1.807, 2.05) is 37.3 Å². The Bertz CT molecular complexity index is 2170. The number of benzene rings is 2. The maximum Gasteiger partial charge on any atom is 0.328 e. The lowest BCUT2D eigenvalue weighted by molar-refractivity contribution is -0.134. The van der Waals surface area contributed by atoms with E-state index >= 15 is 0 Å². The van der Waals surface area contributed by atoms with E-state index in [1.54, 1.807) is 36.5 Å². The molecule has 1 unspecified atom stereocenters. The minimum atomic E-state index is -1.26. The molecule has 1 amide bonds. The lowest BCUT2D eigenvalue weighted by Gasteiger charge is -2.17. The molecule has 0 saturated carbocycles. The van der Waals surface area contributed by atoms with Crippen LogP contribution < -0.4 is 20.1 Å². The lowest BCUT2D eigenvalue weighted by Crippen LogP contribution is -2.23. The van der Waals surface area contributed by atoms with Crippen molar-refractivity contribution in [2.45, 2.75) is 32.4 Å². The molecule has 2 aromatic carbocycles. The van der Waals surface area contributed by atoms with E-state index in [1.165, 1.54) is 6.20 Å². The number of nitrogens with one attached hydrogen (secondary N) is 2. The number of fused-ring (bicyclic) bond motifs is 1. The first kappa shape index (κ1) is 45.1. The second-order valence-electron chi connectivity index (χ2n) is 11.9. The van der Waals surface area contributed by atoms with Gasteiger partial charge in [0.1, 0.15) is 24.2 Å². The molecule has 1 aliphatic heterocycles. The van der Waals surface area contributed by atoms with Crippen molar-refractivity contribution in [1.29, 1.82) is 5.26 Å². The van der Waals surface area contributed by atoms with E-state index in [2.05, 4.69) is 38.6 Å². The Morgan fingerprint density at radius 1 is 0.914 bits per heavy atom. The molecule has 1 aliphatic rings. The summed E-state index contributed by atoms with van der Waals surface area (Å²) in [5.74, 6) is -4.29. The largest absolute Gasteiger partial charge is 0.492 e. The standard InChI is InChI=1S/C32H31ClN6O3.2C4H4O4/c1-3-41-30-17-27-25(16-28(30)38-31(40)12-10-24-8-6-14-39(24)2)32(21(18-34)19-36-27)37-22-9-11-29(26(33)15-22)42-20-23-7-4-5-13-35-23;2*5-3(6)1-2-4(7)8/h4-5,7,9-13,15-17,19,24H,3,6,8,14,20H2,1-2H3,(H,36,37)(H,38,40);2*1-2H,(H,5,6)(H,7,8). The number of aromatic nitrogens is 2. The molecule has 18 heteroatoms. The maximum absolute atomic E-state index is 12.9. The molecule has 0 radical (unpaired) electrons. The summed E-state index contributed by atoms with van der Waals surface area (Å²) in [6, 6.07) is 16.9. The van der Waals surface area contributed by atoms with Gasteiger partial charge in [-0.1, -0.05) is 23.7 Å². The molecule has 0 aliphatic carbocycles. The van der Waals surface area contributed by atoms with Gasteiger partial charge in [0.15, 0.2) is 0 Å². The van der Waals surface area contributed by atoms with Crippen LogP contribution in [0.1, 0.15) is 31.0 Å². The van der Waals surface area contributed by atoms with Crippen LogP contribution in [0.2, 0.25) is 5.02 Å². The highest BCUT2D eigenvalue weighted by molar-refractivity contribution is 6.32. The zero-order chi connectivity index (χ0) is 42.6. The van der Waals surface area contributed by atoms with Crippen LogP contribution in [0, 0.1) is 11.3 Å².